The van der Waals surface area contributed by atoms with Gasteiger partial charge in [-0.05, 0) is 41.8 Å². The van der Waals surface area contributed by atoms with Gasteiger partial charge in [-0.3, -0.25) is 0 Å². The molecule has 0 heterocycles. The third-order valence-corrected chi connectivity index (χ3v) is 4.63. The van der Waals surface area contributed by atoms with Crippen molar-refractivity contribution in [1.29, 1.82) is 0 Å². The van der Waals surface area contributed by atoms with Crippen molar-refractivity contribution in [2.24, 2.45) is 0 Å². The molecule has 2 aromatic carbocycles. The van der Waals surface area contributed by atoms with Gasteiger partial charge in [0.05, 0.1) is 17.5 Å². The van der Waals surface area contributed by atoms with E-state index in [1.165, 1.54) is 0 Å². The summed E-state index contributed by atoms with van der Waals surface area (Å²) in [5.41, 5.74) is 3.15. The molecule has 0 aliphatic rings. The number of halogens is 3. The van der Waals surface area contributed by atoms with Crippen LogP contribution in [-0.2, 0) is 0 Å². The Morgan fingerprint density at radius 2 is 1.74 bits per heavy atom. The molecular formula is C15H13BrCl2O. The second-order valence-corrected chi connectivity index (χ2v) is 5.96. The molecule has 1 atom stereocenters. The predicted octanol–water partition coefficient (Wildman–Crippen LogP) is 5.75. The Labute approximate surface area is 131 Å². The Morgan fingerprint density at radius 1 is 1.11 bits per heavy atom. The lowest BCUT2D eigenvalue weighted by molar-refractivity contribution is 0.415. The van der Waals surface area contributed by atoms with Crippen LogP contribution in [0.2, 0.25) is 5.02 Å². The molecule has 0 spiro atoms. The highest BCUT2D eigenvalue weighted by molar-refractivity contribution is 9.10. The van der Waals surface area contributed by atoms with E-state index >= 15 is 0 Å². The molecule has 0 aliphatic heterocycles. The number of rotatable bonds is 3. The minimum atomic E-state index is -0.227. The van der Waals surface area contributed by atoms with E-state index in [9.17, 15) is 0 Å². The molecule has 0 amide bonds. The van der Waals surface area contributed by atoms with Crippen molar-refractivity contribution in [3.05, 3.63) is 62.6 Å². The summed E-state index contributed by atoms with van der Waals surface area (Å²) in [7, 11) is 1.59. The number of alkyl halides is 1. The second-order valence-electron chi connectivity index (χ2n) is 4.27. The third kappa shape index (κ3) is 3.25. The first-order chi connectivity index (χ1) is 9.02. The van der Waals surface area contributed by atoms with Gasteiger partial charge in [0, 0.05) is 4.47 Å². The molecule has 0 saturated heterocycles. The van der Waals surface area contributed by atoms with Crippen LogP contribution in [0.4, 0.5) is 0 Å². The van der Waals surface area contributed by atoms with Gasteiger partial charge in [-0.25, -0.2) is 0 Å². The fraction of sp³-hybridized carbons (Fsp3) is 0.200. The summed E-state index contributed by atoms with van der Waals surface area (Å²) in [6.07, 6.45) is 0. The Kier molecular flexibility index (Phi) is 4.77. The summed E-state index contributed by atoms with van der Waals surface area (Å²) in [6.45, 7) is 2.04. The Balaban J connectivity index is 2.35. The number of aryl methyl sites for hydroxylation is 1. The Morgan fingerprint density at radius 3 is 2.32 bits per heavy atom. The lowest BCUT2D eigenvalue weighted by Crippen LogP contribution is -1.95. The van der Waals surface area contributed by atoms with E-state index in [-0.39, 0.29) is 5.38 Å². The van der Waals surface area contributed by atoms with Gasteiger partial charge in [0.25, 0.3) is 0 Å². The Bertz CT molecular complexity index is 599. The van der Waals surface area contributed by atoms with Gasteiger partial charge in [0.15, 0.2) is 0 Å². The molecule has 4 heteroatoms. The van der Waals surface area contributed by atoms with Gasteiger partial charge < -0.3 is 4.74 Å². The van der Waals surface area contributed by atoms with Crippen molar-refractivity contribution in [3.63, 3.8) is 0 Å². The molecule has 0 aliphatic carbocycles. The molecule has 0 aromatic heterocycles. The molecule has 19 heavy (non-hydrogen) atoms. The lowest BCUT2D eigenvalue weighted by atomic mass is 10.0. The van der Waals surface area contributed by atoms with E-state index in [4.69, 9.17) is 27.9 Å². The maximum atomic E-state index is 6.51. The molecular weight excluding hydrogens is 347 g/mol. The van der Waals surface area contributed by atoms with Gasteiger partial charge in [-0.1, -0.05) is 45.7 Å². The van der Waals surface area contributed by atoms with Crippen LogP contribution < -0.4 is 4.74 Å². The lowest BCUT2D eigenvalue weighted by Gasteiger charge is -2.13. The number of ether oxygens (including phenoxy) is 1. The van der Waals surface area contributed by atoms with Crippen LogP contribution in [0.1, 0.15) is 22.1 Å². The maximum absolute atomic E-state index is 6.51. The van der Waals surface area contributed by atoms with Crippen LogP contribution in [0.15, 0.2) is 40.9 Å². The van der Waals surface area contributed by atoms with Gasteiger partial charge in [0.2, 0.25) is 0 Å². The molecule has 100 valence electrons. The summed E-state index contributed by atoms with van der Waals surface area (Å²) in [6, 6.07) is 11.7. The van der Waals surface area contributed by atoms with Gasteiger partial charge in [-0.15, -0.1) is 11.6 Å². The van der Waals surface area contributed by atoms with E-state index in [1.807, 2.05) is 37.3 Å². The van der Waals surface area contributed by atoms with Crippen molar-refractivity contribution in [2.45, 2.75) is 12.3 Å². The minimum Gasteiger partial charge on any atom is -0.495 e. The van der Waals surface area contributed by atoms with Crippen molar-refractivity contribution < 1.29 is 4.74 Å². The number of benzene rings is 2. The SMILES string of the molecule is COc1ccc(C(Cl)c2ccc(Br)c(C)c2)cc1Cl. The average molecular weight is 360 g/mol. The zero-order valence-electron chi connectivity index (χ0n) is 10.6. The number of hydrogen-bond donors (Lipinski definition) is 0. The Hall–Kier alpha value is -0.700. The van der Waals surface area contributed by atoms with E-state index in [0.717, 1.165) is 21.2 Å². The van der Waals surface area contributed by atoms with Crippen LogP contribution in [0.25, 0.3) is 0 Å². The summed E-state index contributed by atoms with van der Waals surface area (Å²) < 4.78 is 6.22. The average Bonchev–Trinajstić information content (AvgIpc) is 2.41. The van der Waals surface area contributed by atoms with E-state index in [0.29, 0.717) is 10.8 Å². The normalized spacial score (nSPS) is 12.3. The second kappa shape index (κ2) is 6.17. The zero-order valence-corrected chi connectivity index (χ0v) is 13.7. The summed E-state index contributed by atoms with van der Waals surface area (Å²) in [5, 5.41) is 0.342. The molecule has 0 bridgehead atoms. The predicted molar refractivity (Wildman–Crippen MR) is 84.6 cm³/mol. The summed E-state index contributed by atoms with van der Waals surface area (Å²) in [5.74, 6) is 0.654. The summed E-state index contributed by atoms with van der Waals surface area (Å²) in [4.78, 5) is 0. The molecule has 0 N–H and O–H groups in total. The molecule has 1 unspecified atom stereocenters. The number of hydrogen-bond acceptors (Lipinski definition) is 1. The van der Waals surface area contributed by atoms with Crippen molar-refractivity contribution >= 4 is 39.1 Å². The largest absolute Gasteiger partial charge is 0.495 e. The highest BCUT2D eigenvalue weighted by atomic mass is 79.9. The van der Waals surface area contributed by atoms with E-state index in [2.05, 4.69) is 22.0 Å². The molecule has 0 radical (unpaired) electrons. The highest BCUT2D eigenvalue weighted by Crippen LogP contribution is 2.34. The first kappa shape index (κ1) is 14.7. The standard InChI is InChI=1S/C15H13BrCl2O/c1-9-7-10(3-5-12(9)16)15(18)11-4-6-14(19-2)13(17)8-11/h3-8,15H,1-2H3. The van der Waals surface area contributed by atoms with Crippen LogP contribution in [0.5, 0.6) is 5.75 Å². The minimum absolute atomic E-state index is 0.227. The van der Waals surface area contributed by atoms with E-state index < -0.39 is 0 Å². The molecule has 2 rings (SSSR count). The highest BCUT2D eigenvalue weighted by Gasteiger charge is 2.13. The van der Waals surface area contributed by atoms with Crippen molar-refractivity contribution in [3.8, 4) is 5.75 Å². The zero-order chi connectivity index (χ0) is 14.0. The smallest absolute Gasteiger partial charge is 0.137 e. The molecule has 2 aromatic rings. The maximum Gasteiger partial charge on any atom is 0.137 e. The molecule has 0 saturated carbocycles. The topological polar surface area (TPSA) is 9.23 Å². The van der Waals surface area contributed by atoms with Crippen LogP contribution in [0, 0.1) is 6.92 Å². The number of methoxy groups -OCH3 is 1. The molecule has 0 fully saturated rings. The quantitative estimate of drug-likeness (QED) is 0.634. The van der Waals surface area contributed by atoms with Crippen LogP contribution in [-0.4, -0.2) is 7.11 Å². The van der Waals surface area contributed by atoms with Crippen LogP contribution in [0.3, 0.4) is 0 Å². The first-order valence-corrected chi connectivity index (χ1v) is 7.37. The van der Waals surface area contributed by atoms with Gasteiger partial charge >= 0.3 is 0 Å². The monoisotopic (exact) mass is 358 g/mol. The van der Waals surface area contributed by atoms with Crippen molar-refractivity contribution in [2.75, 3.05) is 7.11 Å². The summed E-state index contributed by atoms with van der Waals surface area (Å²) >= 11 is 16.1. The fourth-order valence-corrected chi connectivity index (χ4v) is 2.64. The van der Waals surface area contributed by atoms with Crippen molar-refractivity contribution in [1.82, 2.24) is 0 Å². The molecule has 1 nitrogen and oxygen atoms in total. The third-order valence-electron chi connectivity index (χ3n) is 2.94. The van der Waals surface area contributed by atoms with E-state index in [1.54, 1.807) is 7.11 Å². The van der Waals surface area contributed by atoms with Crippen LogP contribution >= 0.6 is 39.1 Å². The fourth-order valence-electron chi connectivity index (χ4n) is 1.86. The first-order valence-electron chi connectivity index (χ1n) is 5.76. The van der Waals surface area contributed by atoms with Gasteiger partial charge in [-0.2, -0.15) is 0 Å². The van der Waals surface area contributed by atoms with Gasteiger partial charge in [0.1, 0.15) is 5.75 Å².